The first-order valence-corrected chi connectivity index (χ1v) is 38.7. The number of nitrogens with one attached hydrogen (secondary N) is 3. The molecule has 0 aliphatic heterocycles. The molecular formula is C90H136N6O17. The monoisotopic (exact) mass is 1570 g/mol. The van der Waals surface area contributed by atoms with Crippen molar-refractivity contribution in [2.24, 2.45) is 0 Å². The topological polar surface area (TPSA) is 273 Å². The zero-order valence-corrected chi connectivity index (χ0v) is 74.1. The maximum atomic E-state index is 13.1. The van der Waals surface area contributed by atoms with E-state index in [0.29, 0.717) is 30.0 Å². The lowest BCUT2D eigenvalue weighted by molar-refractivity contribution is -0.158. The van der Waals surface area contributed by atoms with E-state index in [0.717, 1.165) is 47.9 Å². The summed E-state index contributed by atoms with van der Waals surface area (Å²) in [5.74, 6) is -1.98. The predicted octanol–water partition coefficient (Wildman–Crippen LogP) is 20.0. The van der Waals surface area contributed by atoms with Gasteiger partial charge in [0.15, 0.2) is 0 Å². The largest absolute Gasteiger partial charge is 0.460 e. The van der Waals surface area contributed by atoms with E-state index >= 15 is 0 Å². The molecule has 0 saturated heterocycles. The lowest BCUT2D eigenvalue weighted by atomic mass is 9.99. The van der Waals surface area contributed by atoms with Crippen LogP contribution in [-0.2, 0) is 69.9 Å². The van der Waals surface area contributed by atoms with Crippen molar-refractivity contribution in [2.45, 2.75) is 317 Å². The van der Waals surface area contributed by atoms with Crippen molar-refractivity contribution >= 4 is 71.3 Å². The Labute approximate surface area is 675 Å². The number of nitrogens with zero attached hydrogens (tertiary/aromatic N) is 3. The fourth-order valence-corrected chi connectivity index (χ4v) is 10.3. The highest BCUT2D eigenvalue weighted by Gasteiger charge is 2.34. The summed E-state index contributed by atoms with van der Waals surface area (Å²) in [6, 6.07) is 31.5. The van der Waals surface area contributed by atoms with Crippen LogP contribution in [0.15, 0.2) is 103 Å². The summed E-state index contributed by atoms with van der Waals surface area (Å²) < 4.78 is 43.3. The number of ether oxygens (including phenoxy) is 8. The van der Waals surface area contributed by atoms with E-state index in [1.54, 1.807) is 62.3 Å². The summed E-state index contributed by atoms with van der Waals surface area (Å²) in [5.41, 5.74) is 8.03. The zero-order chi connectivity index (χ0) is 86.8. The number of hydrogen-bond donors (Lipinski definition) is 3. The lowest BCUT2D eigenvalue weighted by Crippen LogP contribution is -2.48. The van der Waals surface area contributed by atoms with E-state index in [1.165, 1.54) is 48.1 Å². The molecule has 5 aromatic carbocycles. The molecule has 628 valence electrons. The van der Waals surface area contributed by atoms with Crippen molar-refractivity contribution in [1.29, 1.82) is 0 Å². The number of esters is 3. The molecule has 23 nitrogen and oxygen atoms in total. The van der Waals surface area contributed by atoms with Gasteiger partial charge in [0.2, 0.25) is 5.91 Å². The molecule has 3 N–H and O–H groups in total. The van der Waals surface area contributed by atoms with E-state index in [9.17, 15) is 43.2 Å². The Morgan fingerprint density at radius 2 is 0.690 bits per heavy atom. The minimum absolute atomic E-state index is 0.0596. The highest BCUT2D eigenvalue weighted by molar-refractivity contribution is 5.99. The molecule has 5 rings (SSSR count). The Hall–Kier alpha value is -9.67. The minimum atomic E-state index is -1.13. The second kappa shape index (κ2) is 43.0. The number of alkyl carbamates (subject to hydrolysis) is 2. The lowest BCUT2D eigenvalue weighted by Gasteiger charge is -2.33. The predicted molar refractivity (Wildman–Crippen MR) is 449 cm³/mol. The molecule has 6 amide bonds. The number of benzene rings is 5. The van der Waals surface area contributed by atoms with Gasteiger partial charge in [-0.15, -0.1) is 0 Å². The maximum Gasteiger partial charge on any atom is 0.416 e. The summed E-state index contributed by atoms with van der Waals surface area (Å²) in [7, 11) is 0. The van der Waals surface area contributed by atoms with Gasteiger partial charge >= 0.3 is 48.4 Å². The molecule has 113 heavy (non-hydrogen) atoms. The van der Waals surface area contributed by atoms with Gasteiger partial charge in [-0.3, -0.25) is 29.1 Å². The average molecular weight is 1570 g/mol. The standard InChI is InChI=1S/C25H34N2O4.2C22H35NO4.C21H32N2O5/c1-18-9-13-20(14-10-18)26(22(28)30-24(3,4)5)17-27(23(29)31-25(6,7)8)21-15-11-19(2)12-16-21;1-16-11-12-17(2)18(14-16)10-9-13-23(20(25)27-22(6,7)8)15-19(24)26-21(3,4)5;1-15-12-13-16(2)17(14-15)10-9-11-18(19(24)26-21(3,4)5)23-20(25)27-22(6,7)8;1-13-9-10-14(2)15(11-13)22-18(25)16(12-17(24)27-20(3,4)5)23-19(26)28-21(6,7)8/h9-16H,17H2,1-8H3;11-12,14H,9-10,13,15H2,1-8H3;12-14,18H,9-11H2,1-8H3,(H,23,25);9-11,16H,12H2,1-8H3,(H,22,25)(H,23,26). The van der Waals surface area contributed by atoms with Gasteiger partial charge < -0.3 is 53.8 Å². The first kappa shape index (κ1) is 99.4. The van der Waals surface area contributed by atoms with E-state index < -0.39 is 111 Å². The van der Waals surface area contributed by atoms with Gasteiger partial charge in [0, 0.05) is 23.6 Å². The van der Waals surface area contributed by atoms with Crippen LogP contribution in [0.1, 0.15) is 247 Å². The van der Waals surface area contributed by atoms with E-state index in [4.69, 9.17) is 37.9 Å². The van der Waals surface area contributed by atoms with Crippen molar-refractivity contribution in [3.05, 3.63) is 159 Å². The third kappa shape index (κ3) is 43.8. The van der Waals surface area contributed by atoms with Crippen molar-refractivity contribution in [3.8, 4) is 0 Å². The number of carbonyl (C=O) groups is 9. The average Bonchev–Trinajstić information content (AvgIpc) is 0.812. The molecule has 0 fully saturated rings. The summed E-state index contributed by atoms with van der Waals surface area (Å²) in [6.45, 7) is 59.1. The number of hydrogen-bond acceptors (Lipinski definition) is 17. The Bertz CT molecular complexity index is 3720. The van der Waals surface area contributed by atoms with Crippen LogP contribution in [0.3, 0.4) is 0 Å². The van der Waals surface area contributed by atoms with Gasteiger partial charge in [-0.1, -0.05) is 95.1 Å². The van der Waals surface area contributed by atoms with Gasteiger partial charge in [0.05, 0.1) is 6.42 Å². The third-order valence-corrected chi connectivity index (χ3v) is 15.2. The molecule has 0 aliphatic rings. The van der Waals surface area contributed by atoms with Gasteiger partial charge in [-0.2, -0.15) is 0 Å². The first-order chi connectivity index (χ1) is 51.4. The summed E-state index contributed by atoms with van der Waals surface area (Å²) >= 11 is 0. The van der Waals surface area contributed by atoms with Gasteiger partial charge in [0.25, 0.3) is 0 Å². The summed E-state index contributed by atoms with van der Waals surface area (Å²) in [6.07, 6.45) is 0.375. The smallest absolute Gasteiger partial charge is 0.416 e. The highest BCUT2D eigenvalue weighted by atomic mass is 16.6. The second-order valence-corrected chi connectivity index (χ2v) is 36.5. The molecule has 0 spiro atoms. The zero-order valence-electron chi connectivity index (χ0n) is 74.1. The molecule has 0 radical (unpaired) electrons. The molecular weight excluding hydrogens is 1440 g/mol. The highest BCUT2D eigenvalue weighted by Crippen LogP contribution is 2.27. The minimum Gasteiger partial charge on any atom is -0.460 e. The SMILES string of the molecule is Cc1ccc(C)c(CCCC(NC(=O)OC(C)(C)C)C(=O)OC(C)(C)C)c1.Cc1ccc(C)c(CCCN(CC(=O)OC(C)(C)C)C(=O)OC(C)(C)C)c1.Cc1ccc(C)c(NC(=O)C(CC(=O)OC(C)(C)C)NC(=O)OC(C)(C)C)c1.Cc1ccc(N(CN(C(=O)OC(C)(C)C)c2ccc(C)cc2)C(=O)OC(C)(C)C)cc1. The van der Waals surface area contributed by atoms with Gasteiger partial charge in [-0.05, 0) is 317 Å². The molecule has 0 heterocycles. The second-order valence-electron chi connectivity index (χ2n) is 36.5. The van der Waals surface area contributed by atoms with Crippen LogP contribution in [0.25, 0.3) is 0 Å². The number of rotatable bonds is 21. The Morgan fingerprint density at radius 1 is 0.354 bits per heavy atom. The fraction of sp³-hybridized carbons (Fsp3) is 0.567. The van der Waals surface area contributed by atoms with Crippen molar-refractivity contribution < 1.29 is 81.0 Å². The molecule has 0 bridgehead atoms. The molecule has 5 aromatic rings. The van der Waals surface area contributed by atoms with Gasteiger partial charge in [0.1, 0.15) is 70.1 Å². The van der Waals surface area contributed by atoms with Crippen LogP contribution in [-0.4, -0.2) is 136 Å². The number of anilines is 3. The number of amides is 6. The number of aryl methyl sites for hydroxylation is 10. The van der Waals surface area contributed by atoms with Crippen LogP contribution < -0.4 is 25.8 Å². The molecule has 0 aromatic heterocycles. The van der Waals surface area contributed by atoms with Crippen LogP contribution in [0.2, 0.25) is 0 Å². The van der Waals surface area contributed by atoms with E-state index in [-0.39, 0.29) is 19.6 Å². The Balaban J connectivity index is 0.000000512. The third-order valence-electron chi connectivity index (χ3n) is 15.2. The number of carbonyl (C=O) groups excluding carboxylic acids is 9. The Kier molecular flexibility index (Phi) is 37.8. The summed E-state index contributed by atoms with van der Waals surface area (Å²) in [5, 5.41) is 7.91. The molecule has 0 saturated carbocycles. The van der Waals surface area contributed by atoms with E-state index in [2.05, 4.69) is 80.0 Å². The van der Waals surface area contributed by atoms with Crippen molar-refractivity contribution in [1.82, 2.24) is 15.5 Å². The van der Waals surface area contributed by atoms with E-state index in [1.807, 2.05) is 198 Å². The summed E-state index contributed by atoms with van der Waals surface area (Å²) in [4.78, 5) is 117. The first-order valence-electron chi connectivity index (χ1n) is 38.7. The fourth-order valence-electron chi connectivity index (χ4n) is 10.3. The normalized spacial score (nSPS) is 12.3. The molecule has 2 unspecified atom stereocenters. The Morgan fingerprint density at radius 3 is 1.08 bits per heavy atom. The van der Waals surface area contributed by atoms with Gasteiger partial charge in [-0.25, -0.2) is 28.8 Å². The maximum absolute atomic E-state index is 13.1. The quantitative estimate of drug-likeness (QED) is 0.0350. The van der Waals surface area contributed by atoms with Crippen LogP contribution in [0.5, 0.6) is 0 Å². The van der Waals surface area contributed by atoms with Crippen molar-refractivity contribution in [3.63, 3.8) is 0 Å². The van der Waals surface area contributed by atoms with Crippen molar-refractivity contribution in [2.75, 3.05) is 34.9 Å². The van der Waals surface area contributed by atoms with Crippen LogP contribution in [0.4, 0.5) is 41.0 Å². The van der Waals surface area contributed by atoms with Crippen LogP contribution >= 0.6 is 0 Å². The molecule has 23 heteroatoms. The molecule has 2 atom stereocenters. The van der Waals surface area contributed by atoms with Crippen LogP contribution in [0, 0.1) is 55.4 Å². The molecule has 0 aliphatic carbocycles.